The number of hydrogen-bond acceptors (Lipinski definition) is 10. The third kappa shape index (κ3) is 4.92. The number of esters is 1. The molecule has 0 bridgehead atoms. The van der Waals surface area contributed by atoms with Crippen LogP contribution in [-0.2, 0) is 14.3 Å². The molecule has 1 N–H and O–H groups in total. The van der Waals surface area contributed by atoms with Gasteiger partial charge in [0, 0.05) is 5.56 Å². The number of carbonyl (C=O) groups excluding carboxylic acids is 3. The Morgan fingerprint density at radius 1 is 1.00 bits per heavy atom. The van der Waals surface area contributed by atoms with Crippen LogP contribution in [0.4, 0.5) is 5.13 Å². The number of aryl methyl sites for hydroxylation is 2. The van der Waals surface area contributed by atoms with Crippen LogP contribution >= 0.6 is 11.3 Å². The molecule has 1 amide bonds. The highest BCUT2D eigenvalue weighted by Gasteiger charge is 2.48. The number of thiazole rings is 1. The molecule has 11 heteroatoms. The van der Waals surface area contributed by atoms with Crippen LogP contribution in [0.15, 0.2) is 42.0 Å². The fraction of sp³-hybridized carbons (Fsp3) is 0.286. The number of aliphatic hydroxyl groups is 1. The third-order valence-corrected chi connectivity index (χ3v) is 7.43. The number of ether oxygens (including phenoxy) is 4. The van der Waals surface area contributed by atoms with E-state index in [1.165, 1.54) is 26.2 Å². The van der Waals surface area contributed by atoms with Crippen LogP contribution in [0, 0.1) is 13.8 Å². The average molecular weight is 553 g/mol. The number of methoxy groups -OCH3 is 3. The van der Waals surface area contributed by atoms with Crippen molar-refractivity contribution in [2.75, 3.05) is 32.8 Å². The second kappa shape index (κ2) is 11.2. The van der Waals surface area contributed by atoms with Gasteiger partial charge in [-0.1, -0.05) is 17.4 Å². The van der Waals surface area contributed by atoms with Gasteiger partial charge in [0.25, 0.3) is 5.78 Å². The molecular weight excluding hydrogens is 524 g/mol. The smallest absolute Gasteiger partial charge is 0.350 e. The lowest BCUT2D eigenvalue weighted by atomic mass is 9.94. The van der Waals surface area contributed by atoms with E-state index in [1.54, 1.807) is 57.2 Å². The largest absolute Gasteiger partial charge is 0.507 e. The zero-order chi connectivity index (χ0) is 28.4. The second-order valence-corrected chi connectivity index (χ2v) is 9.58. The van der Waals surface area contributed by atoms with Crippen LogP contribution in [0.1, 0.15) is 45.0 Å². The summed E-state index contributed by atoms with van der Waals surface area (Å²) >= 11 is 0.934. The maximum Gasteiger partial charge on any atom is 0.350 e. The average Bonchev–Trinajstić information content (AvgIpc) is 3.44. The van der Waals surface area contributed by atoms with E-state index in [9.17, 15) is 19.5 Å². The van der Waals surface area contributed by atoms with Gasteiger partial charge in [0.15, 0.2) is 16.6 Å². The van der Waals surface area contributed by atoms with Crippen molar-refractivity contribution in [1.82, 2.24) is 4.98 Å². The number of amides is 1. The molecule has 0 aliphatic carbocycles. The summed E-state index contributed by atoms with van der Waals surface area (Å²) in [6.07, 6.45) is 0. The minimum atomic E-state index is -1.08. The first kappa shape index (κ1) is 27.6. The van der Waals surface area contributed by atoms with Crippen LogP contribution in [0.3, 0.4) is 0 Å². The van der Waals surface area contributed by atoms with Crippen molar-refractivity contribution in [2.24, 2.45) is 0 Å². The Hall–Kier alpha value is -4.38. The summed E-state index contributed by atoms with van der Waals surface area (Å²) in [5, 5.41) is 11.5. The molecule has 2 heterocycles. The van der Waals surface area contributed by atoms with Gasteiger partial charge in [-0.2, -0.15) is 0 Å². The summed E-state index contributed by atoms with van der Waals surface area (Å²) in [6.45, 7) is 5.28. The van der Waals surface area contributed by atoms with E-state index in [1.807, 2.05) is 0 Å². The van der Waals surface area contributed by atoms with Crippen molar-refractivity contribution < 1.29 is 38.4 Å². The molecule has 10 nitrogen and oxygen atoms in total. The van der Waals surface area contributed by atoms with E-state index in [0.717, 1.165) is 16.9 Å². The molecular formula is C28H28N2O8S. The first-order chi connectivity index (χ1) is 18.7. The van der Waals surface area contributed by atoms with Crippen LogP contribution < -0.4 is 19.1 Å². The SMILES string of the molecule is CCOC(=O)c1sc(N2C(=O)C(=O)/C(=C(/O)c3ccc(OC)c(C)c3)[C@H]2c2ccc(OC)c(OC)c2)nc1C. The van der Waals surface area contributed by atoms with Crippen molar-refractivity contribution in [3.63, 3.8) is 0 Å². The molecule has 0 radical (unpaired) electrons. The fourth-order valence-corrected chi connectivity index (χ4v) is 5.41. The number of benzene rings is 2. The van der Waals surface area contributed by atoms with Gasteiger partial charge < -0.3 is 24.1 Å². The van der Waals surface area contributed by atoms with Gasteiger partial charge in [0.1, 0.15) is 16.4 Å². The van der Waals surface area contributed by atoms with E-state index in [2.05, 4.69) is 4.98 Å². The highest BCUT2D eigenvalue weighted by Crippen LogP contribution is 2.45. The predicted octanol–water partition coefficient (Wildman–Crippen LogP) is 4.59. The van der Waals surface area contributed by atoms with Gasteiger partial charge in [0.2, 0.25) is 0 Å². The van der Waals surface area contributed by atoms with Gasteiger partial charge in [-0.15, -0.1) is 0 Å². The van der Waals surface area contributed by atoms with Gasteiger partial charge in [-0.05, 0) is 62.2 Å². The van der Waals surface area contributed by atoms with Gasteiger partial charge in [0.05, 0.1) is 45.2 Å². The second-order valence-electron chi connectivity index (χ2n) is 8.60. The minimum absolute atomic E-state index is 0.113. The lowest BCUT2D eigenvalue weighted by Crippen LogP contribution is -2.29. The van der Waals surface area contributed by atoms with Crippen LogP contribution in [0.25, 0.3) is 5.76 Å². The van der Waals surface area contributed by atoms with E-state index in [0.29, 0.717) is 34.1 Å². The molecule has 204 valence electrons. The third-order valence-electron chi connectivity index (χ3n) is 6.29. The van der Waals surface area contributed by atoms with Crippen LogP contribution in [-0.4, -0.2) is 55.7 Å². The molecule has 39 heavy (non-hydrogen) atoms. The molecule has 3 aromatic rings. The number of Topliss-reactive ketones (excluding diaryl/α,β-unsaturated/α-hetero) is 1. The highest BCUT2D eigenvalue weighted by atomic mass is 32.1. The highest BCUT2D eigenvalue weighted by molar-refractivity contribution is 7.17. The molecule has 0 spiro atoms. The Bertz CT molecular complexity index is 1490. The van der Waals surface area contributed by atoms with E-state index in [-0.39, 0.29) is 27.9 Å². The summed E-state index contributed by atoms with van der Waals surface area (Å²) in [4.78, 5) is 45.3. The Balaban J connectivity index is 1.95. The van der Waals surface area contributed by atoms with Crippen molar-refractivity contribution in [3.05, 3.63) is 69.2 Å². The monoisotopic (exact) mass is 552 g/mol. The first-order valence-corrected chi connectivity index (χ1v) is 12.8. The van der Waals surface area contributed by atoms with Crippen LogP contribution in [0.2, 0.25) is 0 Å². The maximum absolute atomic E-state index is 13.5. The lowest BCUT2D eigenvalue weighted by Gasteiger charge is -2.24. The molecule has 1 saturated heterocycles. The number of carbonyl (C=O) groups is 3. The zero-order valence-electron chi connectivity index (χ0n) is 22.4. The van der Waals surface area contributed by atoms with Gasteiger partial charge in [-0.3, -0.25) is 14.5 Å². The van der Waals surface area contributed by atoms with Crippen molar-refractivity contribution in [1.29, 1.82) is 0 Å². The summed E-state index contributed by atoms with van der Waals surface area (Å²) in [5.41, 5.74) is 1.74. The summed E-state index contributed by atoms with van der Waals surface area (Å²) in [7, 11) is 4.49. The maximum atomic E-state index is 13.5. The first-order valence-electron chi connectivity index (χ1n) is 12.0. The Morgan fingerprint density at radius 3 is 2.28 bits per heavy atom. The Morgan fingerprint density at radius 2 is 1.67 bits per heavy atom. The zero-order valence-corrected chi connectivity index (χ0v) is 23.2. The summed E-state index contributed by atoms with van der Waals surface area (Å²) in [6, 6.07) is 8.80. The fourth-order valence-electron chi connectivity index (χ4n) is 4.42. The number of aliphatic hydroxyl groups excluding tert-OH is 1. The molecule has 1 fully saturated rings. The molecule has 0 saturated carbocycles. The summed E-state index contributed by atoms with van der Waals surface area (Å²) in [5.74, 6) is -1.32. The normalized spacial score (nSPS) is 16.4. The van der Waals surface area contributed by atoms with Crippen molar-refractivity contribution in [3.8, 4) is 17.2 Å². The van der Waals surface area contributed by atoms with Crippen molar-refractivity contribution >= 4 is 39.9 Å². The quantitative estimate of drug-likeness (QED) is 0.185. The molecule has 1 atom stereocenters. The summed E-state index contributed by atoms with van der Waals surface area (Å²) < 4.78 is 21.2. The minimum Gasteiger partial charge on any atom is -0.507 e. The molecule has 2 aromatic carbocycles. The topological polar surface area (TPSA) is 124 Å². The number of hydrogen-bond donors (Lipinski definition) is 1. The number of nitrogens with zero attached hydrogens (tertiary/aromatic N) is 2. The molecule has 4 rings (SSSR count). The lowest BCUT2D eigenvalue weighted by molar-refractivity contribution is -0.132. The van der Waals surface area contributed by atoms with Gasteiger partial charge >= 0.3 is 11.9 Å². The Kier molecular flexibility index (Phi) is 7.91. The number of ketones is 1. The number of anilines is 1. The molecule has 0 unspecified atom stereocenters. The molecule has 1 aliphatic rings. The molecule has 1 aliphatic heterocycles. The number of rotatable bonds is 8. The van der Waals surface area contributed by atoms with E-state index in [4.69, 9.17) is 18.9 Å². The van der Waals surface area contributed by atoms with E-state index < -0.39 is 23.7 Å². The van der Waals surface area contributed by atoms with E-state index >= 15 is 0 Å². The predicted molar refractivity (Wildman–Crippen MR) is 145 cm³/mol. The van der Waals surface area contributed by atoms with Gasteiger partial charge in [-0.25, -0.2) is 9.78 Å². The Labute approximate surface area is 229 Å². The van der Waals surface area contributed by atoms with Crippen LogP contribution in [0.5, 0.6) is 17.2 Å². The standard InChI is InChI=1S/C28H28N2O8S/c1-7-38-27(34)25-15(3)29-28(39-25)30-22(16-8-11-19(36-5)20(13-16)37-6)21(24(32)26(30)33)23(31)17-9-10-18(35-4)14(2)12-17/h8-13,22,31H,7H2,1-6H3/b23-21+/t22-/m1/s1. The molecule has 1 aromatic heterocycles. The van der Waals surface area contributed by atoms with Crippen molar-refractivity contribution in [2.45, 2.75) is 26.8 Å². The number of aromatic nitrogens is 1.